The fraction of sp³-hybridized carbons (Fsp3) is 0.455. The van der Waals surface area contributed by atoms with Crippen LogP contribution in [-0.2, 0) is 0 Å². The third-order valence-corrected chi connectivity index (χ3v) is 5.77. The summed E-state index contributed by atoms with van der Waals surface area (Å²) in [7, 11) is 1.83. The molecule has 4 rings (SSSR count). The number of para-hydroxylation sites is 1. The van der Waals surface area contributed by atoms with E-state index in [1.54, 1.807) is 12.1 Å². The number of hydrogen-bond acceptors (Lipinski definition) is 4. The topological polar surface area (TPSA) is 64.3 Å². The number of carbonyl (C=O) groups is 1. The van der Waals surface area contributed by atoms with E-state index in [4.69, 9.17) is 4.42 Å². The highest BCUT2D eigenvalue weighted by atomic mass is 127. The first kappa shape index (κ1) is 22.5. The van der Waals surface area contributed by atoms with Crippen molar-refractivity contribution >= 4 is 41.5 Å². The summed E-state index contributed by atoms with van der Waals surface area (Å²) in [5, 5.41) is 3.55. The van der Waals surface area contributed by atoms with E-state index in [2.05, 4.69) is 50.4 Å². The van der Waals surface area contributed by atoms with Crippen molar-refractivity contribution in [2.45, 2.75) is 6.42 Å². The summed E-state index contributed by atoms with van der Waals surface area (Å²) in [5.74, 6) is 1.90. The van der Waals surface area contributed by atoms with Crippen LogP contribution in [-0.4, -0.2) is 74.5 Å². The molecule has 1 atom stereocenters. The first-order chi connectivity index (χ1) is 14.2. The summed E-state index contributed by atoms with van der Waals surface area (Å²) in [6.45, 7) is 5.97. The zero-order valence-corrected chi connectivity index (χ0v) is 19.7. The fourth-order valence-electron chi connectivity index (χ4n) is 4.12. The van der Waals surface area contributed by atoms with Gasteiger partial charge < -0.3 is 24.4 Å². The Morgan fingerprint density at radius 2 is 1.80 bits per heavy atom. The van der Waals surface area contributed by atoms with E-state index in [0.29, 0.717) is 24.8 Å². The lowest BCUT2D eigenvalue weighted by Crippen LogP contribution is -2.54. The number of halogens is 1. The van der Waals surface area contributed by atoms with Crippen LogP contribution in [0.1, 0.15) is 17.0 Å². The molecule has 1 unspecified atom stereocenters. The first-order valence-corrected chi connectivity index (χ1v) is 10.3. The molecule has 8 heteroatoms. The van der Waals surface area contributed by atoms with Gasteiger partial charge in [-0.1, -0.05) is 18.2 Å². The minimum atomic E-state index is -0.0374. The molecule has 2 saturated heterocycles. The smallest absolute Gasteiger partial charge is 0.289 e. The lowest BCUT2D eigenvalue weighted by atomic mass is 10.1. The quantitative estimate of drug-likeness (QED) is 0.380. The Morgan fingerprint density at radius 3 is 2.47 bits per heavy atom. The Kier molecular flexibility index (Phi) is 8.01. The molecule has 2 aromatic rings. The Labute approximate surface area is 195 Å². The summed E-state index contributed by atoms with van der Waals surface area (Å²) >= 11 is 0. The first-order valence-electron chi connectivity index (χ1n) is 10.3. The number of nitrogens with zero attached hydrogens (tertiary/aromatic N) is 4. The Balaban J connectivity index is 0.00000256. The molecule has 2 aliphatic rings. The number of furan rings is 1. The molecule has 1 N–H and O–H groups in total. The summed E-state index contributed by atoms with van der Waals surface area (Å²) in [4.78, 5) is 23.4. The van der Waals surface area contributed by atoms with Crippen LogP contribution in [0.5, 0.6) is 0 Å². The standard InChI is InChI=1S/C22H29N5O2.HI/c1-23-22(24-16-18-9-10-27(17-18)19-6-3-2-4-7-19)26-13-11-25(12-14-26)21(28)20-8-5-15-29-20;/h2-8,15,18H,9-14,16-17H2,1H3,(H,23,24);1H. The van der Waals surface area contributed by atoms with Crippen molar-refractivity contribution in [3.8, 4) is 0 Å². The van der Waals surface area contributed by atoms with E-state index in [0.717, 1.165) is 38.7 Å². The van der Waals surface area contributed by atoms with E-state index >= 15 is 0 Å². The van der Waals surface area contributed by atoms with Gasteiger partial charge in [0.05, 0.1) is 6.26 Å². The number of rotatable bonds is 4. The lowest BCUT2D eigenvalue weighted by molar-refractivity contribution is 0.0657. The van der Waals surface area contributed by atoms with Crippen molar-refractivity contribution in [3.63, 3.8) is 0 Å². The molecule has 7 nitrogen and oxygen atoms in total. The third-order valence-electron chi connectivity index (χ3n) is 5.77. The summed E-state index contributed by atoms with van der Waals surface area (Å²) in [6.07, 6.45) is 2.72. The molecule has 1 aromatic carbocycles. The number of aliphatic imine (C=N–C) groups is 1. The average molecular weight is 523 g/mol. The van der Waals surface area contributed by atoms with Gasteiger partial charge in [-0.25, -0.2) is 0 Å². The van der Waals surface area contributed by atoms with E-state index in [-0.39, 0.29) is 29.9 Å². The molecular formula is C22H30IN5O2. The van der Waals surface area contributed by atoms with Crippen molar-refractivity contribution in [3.05, 3.63) is 54.5 Å². The maximum Gasteiger partial charge on any atom is 0.289 e. The van der Waals surface area contributed by atoms with Crippen LogP contribution in [0.4, 0.5) is 5.69 Å². The van der Waals surface area contributed by atoms with Gasteiger partial charge in [0.2, 0.25) is 0 Å². The van der Waals surface area contributed by atoms with E-state index in [9.17, 15) is 4.79 Å². The van der Waals surface area contributed by atoms with Crippen LogP contribution in [0, 0.1) is 5.92 Å². The summed E-state index contributed by atoms with van der Waals surface area (Å²) < 4.78 is 5.24. The van der Waals surface area contributed by atoms with Gasteiger partial charge >= 0.3 is 0 Å². The van der Waals surface area contributed by atoms with Crippen LogP contribution in [0.3, 0.4) is 0 Å². The number of nitrogens with one attached hydrogen (secondary N) is 1. The van der Waals surface area contributed by atoms with Gasteiger partial charge in [0.15, 0.2) is 11.7 Å². The second-order valence-corrected chi connectivity index (χ2v) is 7.62. The number of hydrogen-bond donors (Lipinski definition) is 1. The number of amides is 1. The monoisotopic (exact) mass is 523 g/mol. The number of benzene rings is 1. The molecule has 0 bridgehead atoms. The van der Waals surface area contributed by atoms with E-state index in [1.165, 1.54) is 18.4 Å². The molecule has 0 radical (unpaired) electrons. The zero-order valence-electron chi connectivity index (χ0n) is 17.4. The van der Waals surface area contributed by atoms with Crippen LogP contribution < -0.4 is 10.2 Å². The Hall–Kier alpha value is -2.23. The molecule has 0 spiro atoms. The molecule has 162 valence electrons. The lowest BCUT2D eigenvalue weighted by Gasteiger charge is -2.36. The molecule has 2 aliphatic heterocycles. The molecule has 30 heavy (non-hydrogen) atoms. The number of anilines is 1. The minimum absolute atomic E-state index is 0. The minimum Gasteiger partial charge on any atom is -0.459 e. The van der Waals surface area contributed by atoms with Gasteiger partial charge in [-0.3, -0.25) is 9.79 Å². The molecular weight excluding hydrogens is 493 g/mol. The Morgan fingerprint density at radius 1 is 1.07 bits per heavy atom. The molecule has 1 aromatic heterocycles. The van der Waals surface area contributed by atoms with Crippen LogP contribution in [0.15, 0.2) is 58.1 Å². The van der Waals surface area contributed by atoms with E-state index in [1.807, 2.05) is 11.9 Å². The van der Waals surface area contributed by atoms with Crippen LogP contribution >= 0.6 is 24.0 Å². The SMILES string of the molecule is CN=C(NCC1CCN(c2ccccc2)C1)N1CCN(C(=O)c2ccco2)CC1.I. The number of piperazine rings is 1. The van der Waals surface area contributed by atoms with Gasteiger partial charge in [0.1, 0.15) is 0 Å². The van der Waals surface area contributed by atoms with Crippen LogP contribution in [0.25, 0.3) is 0 Å². The van der Waals surface area contributed by atoms with Crippen molar-refractivity contribution < 1.29 is 9.21 Å². The van der Waals surface area contributed by atoms with Crippen molar-refractivity contribution in [1.29, 1.82) is 0 Å². The van der Waals surface area contributed by atoms with Crippen molar-refractivity contribution in [2.75, 3.05) is 57.8 Å². The highest BCUT2D eigenvalue weighted by Gasteiger charge is 2.27. The number of carbonyl (C=O) groups excluding carboxylic acids is 1. The van der Waals surface area contributed by atoms with Crippen molar-refractivity contribution in [1.82, 2.24) is 15.1 Å². The number of guanidine groups is 1. The highest BCUT2D eigenvalue weighted by Crippen LogP contribution is 2.23. The maximum absolute atomic E-state index is 12.4. The zero-order chi connectivity index (χ0) is 20.1. The van der Waals surface area contributed by atoms with Gasteiger partial charge in [-0.05, 0) is 36.6 Å². The van der Waals surface area contributed by atoms with Gasteiger partial charge in [0, 0.05) is 58.5 Å². The van der Waals surface area contributed by atoms with E-state index < -0.39 is 0 Å². The summed E-state index contributed by atoms with van der Waals surface area (Å²) in [6, 6.07) is 14.1. The predicted octanol–water partition coefficient (Wildman–Crippen LogP) is 2.76. The molecule has 0 saturated carbocycles. The van der Waals surface area contributed by atoms with Crippen LogP contribution in [0.2, 0.25) is 0 Å². The average Bonchev–Trinajstić information content (AvgIpc) is 3.47. The molecule has 1 amide bonds. The molecule has 2 fully saturated rings. The Bertz CT molecular complexity index is 819. The van der Waals surface area contributed by atoms with Gasteiger partial charge in [-0.15, -0.1) is 24.0 Å². The summed E-state index contributed by atoms with van der Waals surface area (Å²) in [5.41, 5.74) is 1.30. The van der Waals surface area contributed by atoms with Crippen molar-refractivity contribution in [2.24, 2.45) is 10.9 Å². The predicted molar refractivity (Wildman–Crippen MR) is 130 cm³/mol. The van der Waals surface area contributed by atoms with Gasteiger partial charge in [-0.2, -0.15) is 0 Å². The second-order valence-electron chi connectivity index (χ2n) is 7.62. The third kappa shape index (κ3) is 5.27. The fourth-order valence-corrected chi connectivity index (χ4v) is 4.12. The largest absolute Gasteiger partial charge is 0.459 e. The highest BCUT2D eigenvalue weighted by molar-refractivity contribution is 14.0. The normalized spacial score (nSPS) is 19.6. The second kappa shape index (κ2) is 10.7. The van der Waals surface area contributed by atoms with Gasteiger partial charge in [0.25, 0.3) is 5.91 Å². The molecule has 0 aliphatic carbocycles. The maximum atomic E-state index is 12.4. The molecule has 3 heterocycles.